The third-order valence-electron chi connectivity index (χ3n) is 4.31. The van der Waals surface area contributed by atoms with Crippen molar-refractivity contribution in [3.8, 4) is 0 Å². The topological polar surface area (TPSA) is 84.5 Å². The van der Waals surface area contributed by atoms with Crippen LogP contribution in [0.5, 0.6) is 0 Å². The number of nitrogens with one attached hydrogen (secondary N) is 2. The molecule has 142 valence electrons. The van der Waals surface area contributed by atoms with Crippen LogP contribution in [0.3, 0.4) is 0 Å². The molecule has 0 unspecified atom stereocenters. The lowest BCUT2D eigenvalue weighted by Crippen LogP contribution is -2.22. The normalized spacial score (nSPS) is 13.1. The molecule has 6 nitrogen and oxygen atoms in total. The SMILES string of the molecule is CCOC(=O)c1c(NC(=O)C2CC2)sc(C(=O)NCc2ccccc2)c1C. The zero-order valence-electron chi connectivity index (χ0n) is 15.3. The first-order valence-electron chi connectivity index (χ1n) is 8.94. The first-order valence-corrected chi connectivity index (χ1v) is 9.76. The monoisotopic (exact) mass is 386 g/mol. The van der Waals surface area contributed by atoms with E-state index in [1.165, 1.54) is 0 Å². The van der Waals surface area contributed by atoms with Gasteiger partial charge in [-0.1, -0.05) is 30.3 Å². The Kier molecular flexibility index (Phi) is 5.91. The quantitative estimate of drug-likeness (QED) is 0.713. The predicted octanol–water partition coefficient (Wildman–Crippen LogP) is 3.51. The number of hydrogen-bond acceptors (Lipinski definition) is 5. The van der Waals surface area contributed by atoms with Crippen LogP contribution in [0.1, 0.15) is 50.9 Å². The zero-order valence-corrected chi connectivity index (χ0v) is 16.2. The molecule has 0 atom stereocenters. The lowest BCUT2D eigenvalue weighted by atomic mass is 10.1. The van der Waals surface area contributed by atoms with E-state index in [2.05, 4.69) is 10.6 Å². The average Bonchev–Trinajstić information content (AvgIpc) is 3.45. The van der Waals surface area contributed by atoms with Gasteiger partial charge in [0.25, 0.3) is 5.91 Å². The van der Waals surface area contributed by atoms with Gasteiger partial charge in [0.15, 0.2) is 0 Å². The maximum absolute atomic E-state index is 12.7. The van der Waals surface area contributed by atoms with E-state index in [1.807, 2.05) is 30.3 Å². The number of thiophene rings is 1. The Morgan fingerprint density at radius 3 is 2.52 bits per heavy atom. The molecule has 1 aromatic carbocycles. The van der Waals surface area contributed by atoms with Crippen molar-refractivity contribution in [2.75, 3.05) is 11.9 Å². The van der Waals surface area contributed by atoms with Crippen molar-refractivity contribution < 1.29 is 19.1 Å². The zero-order chi connectivity index (χ0) is 19.4. The molecule has 1 heterocycles. The summed E-state index contributed by atoms with van der Waals surface area (Å²) in [6.45, 7) is 4.03. The standard InChI is InChI=1S/C20H22N2O4S/c1-3-26-20(25)15-12(2)16(27-19(15)22-17(23)14-9-10-14)18(24)21-11-13-7-5-4-6-8-13/h4-8,14H,3,9-11H2,1-2H3,(H,21,24)(H,22,23). The molecule has 3 rings (SSSR count). The van der Waals surface area contributed by atoms with Crippen molar-refractivity contribution in [2.24, 2.45) is 5.92 Å². The van der Waals surface area contributed by atoms with Gasteiger partial charge in [0.2, 0.25) is 5.91 Å². The third kappa shape index (κ3) is 4.54. The molecular weight excluding hydrogens is 364 g/mol. The summed E-state index contributed by atoms with van der Waals surface area (Å²) < 4.78 is 5.11. The van der Waals surface area contributed by atoms with Gasteiger partial charge < -0.3 is 15.4 Å². The molecule has 1 fully saturated rings. The number of carbonyl (C=O) groups excluding carboxylic acids is 3. The molecule has 0 radical (unpaired) electrons. The van der Waals surface area contributed by atoms with Gasteiger partial charge in [-0.05, 0) is 37.8 Å². The van der Waals surface area contributed by atoms with E-state index in [4.69, 9.17) is 4.74 Å². The Bertz CT molecular complexity index is 856. The summed E-state index contributed by atoms with van der Waals surface area (Å²) in [7, 11) is 0. The van der Waals surface area contributed by atoms with E-state index in [1.54, 1.807) is 13.8 Å². The summed E-state index contributed by atoms with van der Waals surface area (Å²) >= 11 is 1.11. The van der Waals surface area contributed by atoms with Gasteiger partial charge >= 0.3 is 5.97 Å². The van der Waals surface area contributed by atoms with E-state index in [-0.39, 0.29) is 29.9 Å². The van der Waals surface area contributed by atoms with Crippen molar-refractivity contribution in [1.29, 1.82) is 0 Å². The Hall–Kier alpha value is -2.67. The maximum atomic E-state index is 12.7. The van der Waals surface area contributed by atoms with Gasteiger partial charge in [0, 0.05) is 12.5 Å². The molecule has 0 bridgehead atoms. The number of hydrogen-bond donors (Lipinski definition) is 2. The molecule has 1 aliphatic rings. The fourth-order valence-electron chi connectivity index (χ4n) is 2.69. The second kappa shape index (κ2) is 8.35. The molecule has 1 aromatic heterocycles. The van der Waals surface area contributed by atoms with Crippen molar-refractivity contribution >= 4 is 34.1 Å². The summed E-state index contributed by atoms with van der Waals surface area (Å²) in [5, 5.41) is 6.05. The van der Waals surface area contributed by atoms with Crippen molar-refractivity contribution in [3.63, 3.8) is 0 Å². The van der Waals surface area contributed by atoms with Gasteiger partial charge in [-0.3, -0.25) is 9.59 Å². The number of benzene rings is 1. The van der Waals surface area contributed by atoms with Crippen LogP contribution < -0.4 is 10.6 Å². The Balaban J connectivity index is 1.82. The van der Waals surface area contributed by atoms with Crippen LogP contribution in [0.4, 0.5) is 5.00 Å². The Labute approximate surface area is 161 Å². The third-order valence-corrected chi connectivity index (χ3v) is 5.52. The number of carbonyl (C=O) groups is 3. The fraction of sp³-hybridized carbons (Fsp3) is 0.350. The van der Waals surface area contributed by atoms with Crippen LogP contribution in [0, 0.1) is 12.8 Å². The molecule has 1 aliphatic carbocycles. The van der Waals surface area contributed by atoms with Crippen molar-refractivity contribution in [3.05, 3.63) is 51.9 Å². The van der Waals surface area contributed by atoms with Gasteiger partial charge in [-0.2, -0.15) is 0 Å². The first kappa shape index (κ1) is 19.1. The fourth-order valence-corrected chi connectivity index (χ4v) is 3.80. The number of ether oxygens (including phenoxy) is 1. The minimum absolute atomic E-state index is 0.00203. The number of rotatable bonds is 7. The minimum Gasteiger partial charge on any atom is -0.462 e. The van der Waals surface area contributed by atoms with E-state index in [9.17, 15) is 14.4 Å². The van der Waals surface area contributed by atoms with Gasteiger partial charge in [-0.25, -0.2) is 4.79 Å². The highest BCUT2D eigenvalue weighted by Gasteiger charge is 2.32. The van der Waals surface area contributed by atoms with Crippen LogP contribution >= 0.6 is 11.3 Å². The molecule has 7 heteroatoms. The lowest BCUT2D eigenvalue weighted by molar-refractivity contribution is -0.117. The number of amides is 2. The Morgan fingerprint density at radius 1 is 1.19 bits per heavy atom. The molecule has 2 amide bonds. The molecule has 1 saturated carbocycles. The van der Waals surface area contributed by atoms with Crippen LogP contribution in [0.2, 0.25) is 0 Å². The smallest absolute Gasteiger partial charge is 0.341 e. The van der Waals surface area contributed by atoms with E-state index in [0.717, 1.165) is 29.7 Å². The number of esters is 1. The molecule has 0 spiro atoms. The largest absolute Gasteiger partial charge is 0.462 e. The minimum atomic E-state index is -0.528. The first-order chi connectivity index (χ1) is 13.0. The lowest BCUT2D eigenvalue weighted by Gasteiger charge is -2.06. The molecular formula is C20H22N2O4S. The van der Waals surface area contributed by atoms with Gasteiger partial charge in [0.1, 0.15) is 5.00 Å². The van der Waals surface area contributed by atoms with Crippen LogP contribution in [0.25, 0.3) is 0 Å². The summed E-state index contributed by atoms with van der Waals surface area (Å²) in [6, 6.07) is 9.57. The van der Waals surface area contributed by atoms with Crippen LogP contribution in [-0.2, 0) is 16.1 Å². The van der Waals surface area contributed by atoms with Crippen LogP contribution in [-0.4, -0.2) is 24.4 Å². The highest BCUT2D eigenvalue weighted by Crippen LogP contribution is 2.36. The second-order valence-corrected chi connectivity index (χ2v) is 7.43. The summed E-state index contributed by atoms with van der Waals surface area (Å²) in [5.41, 5.74) is 1.77. The summed E-state index contributed by atoms with van der Waals surface area (Å²) in [5.74, 6) is -0.922. The van der Waals surface area contributed by atoms with E-state index in [0.29, 0.717) is 22.0 Å². The predicted molar refractivity (Wildman–Crippen MR) is 104 cm³/mol. The van der Waals surface area contributed by atoms with E-state index < -0.39 is 5.97 Å². The second-order valence-electron chi connectivity index (χ2n) is 6.41. The van der Waals surface area contributed by atoms with Crippen molar-refractivity contribution in [2.45, 2.75) is 33.2 Å². The van der Waals surface area contributed by atoms with Crippen molar-refractivity contribution in [1.82, 2.24) is 5.32 Å². The number of anilines is 1. The average molecular weight is 386 g/mol. The van der Waals surface area contributed by atoms with E-state index >= 15 is 0 Å². The Morgan fingerprint density at radius 2 is 1.89 bits per heavy atom. The maximum Gasteiger partial charge on any atom is 0.341 e. The van der Waals surface area contributed by atoms with Gasteiger partial charge in [0.05, 0.1) is 17.0 Å². The summed E-state index contributed by atoms with van der Waals surface area (Å²) in [6.07, 6.45) is 1.71. The van der Waals surface area contributed by atoms with Crippen LogP contribution in [0.15, 0.2) is 30.3 Å². The molecule has 0 saturated heterocycles. The highest BCUT2D eigenvalue weighted by molar-refractivity contribution is 7.18. The molecule has 0 aliphatic heterocycles. The molecule has 2 aromatic rings. The van der Waals surface area contributed by atoms with Gasteiger partial charge in [-0.15, -0.1) is 11.3 Å². The molecule has 27 heavy (non-hydrogen) atoms. The summed E-state index contributed by atoms with van der Waals surface area (Å²) in [4.78, 5) is 37.6. The highest BCUT2D eigenvalue weighted by atomic mass is 32.1. The molecule has 2 N–H and O–H groups in total.